The van der Waals surface area contributed by atoms with Crippen LogP contribution in [-0.2, 0) is 22.7 Å². The summed E-state index contributed by atoms with van der Waals surface area (Å²) in [4.78, 5) is 25.6. The lowest BCUT2D eigenvalue weighted by molar-refractivity contribution is -0.129. The van der Waals surface area contributed by atoms with E-state index < -0.39 is 6.04 Å². The van der Waals surface area contributed by atoms with Gasteiger partial charge in [0.25, 0.3) is 0 Å². The summed E-state index contributed by atoms with van der Waals surface area (Å²) in [5, 5.41) is 14.7. The Hall–Kier alpha value is -4.11. The smallest absolute Gasteiger partial charge is 0.247 e. The summed E-state index contributed by atoms with van der Waals surface area (Å²) >= 11 is 0. The standard InChI is InChI=1S/C29H31N3O3/c1-2-3-5-10-27(33)32-28(29(34)31-20-23-13-11-22(19-30)12-14-23)25-15-17-26(18-16-25)35-21-24-8-6-4-7-9-24/h4,6-9,11-18,28H,2-3,5,10,20-21H2,1H3,(H,31,34)(H,32,33)/t28-/m0/s1. The SMILES string of the molecule is CCCCCC(=O)N[C@H](C(=O)NCc1ccc(C#N)cc1)c1ccc(OCc2ccccc2)cc1. The molecule has 3 aromatic carbocycles. The van der Waals surface area contributed by atoms with Crippen LogP contribution in [-0.4, -0.2) is 11.8 Å². The first kappa shape index (κ1) is 25.5. The second-order valence-electron chi connectivity index (χ2n) is 8.33. The molecule has 0 aliphatic heterocycles. The number of hydrogen-bond donors (Lipinski definition) is 2. The fraction of sp³-hybridized carbons (Fsp3) is 0.276. The third-order valence-electron chi connectivity index (χ3n) is 5.59. The Kier molecular flexibility index (Phi) is 9.89. The molecule has 0 aliphatic carbocycles. The summed E-state index contributed by atoms with van der Waals surface area (Å²) in [6.45, 7) is 2.83. The Labute approximate surface area is 206 Å². The average Bonchev–Trinajstić information content (AvgIpc) is 2.90. The van der Waals surface area contributed by atoms with Crippen molar-refractivity contribution in [3.63, 3.8) is 0 Å². The van der Waals surface area contributed by atoms with Gasteiger partial charge in [-0.1, -0.05) is 74.4 Å². The maximum absolute atomic E-state index is 13.1. The van der Waals surface area contributed by atoms with E-state index >= 15 is 0 Å². The Morgan fingerprint density at radius 3 is 2.29 bits per heavy atom. The first-order valence-corrected chi connectivity index (χ1v) is 11.9. The van der Waals surface area contributed by atoms with Gasteiger partial charge in [0.2, 0.25) is 11.8 Å². The molecular formula is C29H31N3O3. The molecule has 3 rings (SSSR count). The van der Waals surface area contributed by atoms with Crippen LogP contribution >= 0.6 is 0 Å². The molecule has 0 spiro atoms. The largest absolute Gasteiger partial charge is 0.489 e. The van der Waals surface area contributed by atoms with Crippen molar-refractivity contribution < 1.29 is 14.3 Å². The van der Waals surface area contributed by atoms with Gasteiger partial charge in [0.1, 0.15) is 18.4 Å². The number of nitriles is 1. The Bertz CT molecular complexity index is 1120. The van der Waals surface area contributed by atoms with Crippen LogP contribution < -0.4 is 15.4 Å². The van der Waals surface area contributed by atoms with E-state index in [1.807, 2.05) is 42.5 Å². The maximum atomic E-state index is 13.1. The number of hydrogen-bond acceptors (Lipinski definition) is 4. The van der Waals surface area contributed by atoms with Crippen LogP contribution in [0.1, 0.15) is 60.9 Å². The van der Waals surface area contributed by atoms with Crippen molar-refractivity contribution >= 4 is 11.8 Å². The zero-order valence-electron chi connectivity index (χ0n) is 20.0. The van der Waals surface area contributed by atoms with Gasteiger partial charge in [-0.25, -0.2) is 0 Å². The van der Waals surface area contributed by atoms with Crippen LogP contribution in [0.2, 0.25) is 0 Å². The van der Waals surface area contributed by atoms with Crippen molar-refractivity contribution in [1.82, 2.24) is 10.6 Å². The molecule has 0 heterocycles. The van der Waals surface area contributed by atoms with Crippen LogP contribution in [0.25, 0.3) is 0 Å². The Morgan fingerprint density at radius 2 is 1.63 bits per heavy atom. The van der Waals surface area contributed by atoms with E-state index in [1.54, 1.807) is 36.4 Å². The van der Waals surface area contributed by atoms with Crippen molar-refractivity contribution in [3.8, 4) is 11.8 Å². The minimum atomic E-state index is -0.814. The van der Waals surface area contributed by atoms with Gasteiger partial charge in [-0.2, -0.15) is 5.26 Å². The molecule has 35 heavy (non-hydrogen) atoms. The first-order valence-electron chi connectivity index (χ1n) is 11.9. The molecule has 1 atom stereocenters. The predicted molar refractivity (Wildman–Crippen MR) is 135 cm³/mol. The summed E-state index contributed by atoms with van der Waals surface area (Å²) in [7, 11) is 0. The second-order valence-corrected chi connectivity index (χ2v) is 8.33. The highest BCUT2D eigenvalue weighted by atomic mass is 16.5. The van der Waals surface area contributed by atoms with Crippen LogP contribution in [0.4, 0.5) is 0 Å². The molecule has 0 aromatic heterocycles. The van der Waals surface area contributed by atoms with Crippen LogP contribution in [0, 0.1) is 11.3 Å². The van der Waals surface area contributed by atoms with Crippen LogP contribution in [0.5, 0.6) is 5.75 Å². The molecule has 0 aliphatic rings. The fourth-order valence-corrected chi connectivity index (χ4v) is 3.55. The van der Waals surface area contributed by atoms with Gasteiger partial charge in [-0.15, -0.1) is 0 Å². The Balaban J connectivity index is 1.66. The van der Waals surface area contributed by atoms with Crippen molar-refractivity contribution in [2.24, 2.45) is 0 Å². The summed E-state index contributed by atoms with van der Waals surface area (Å²) in [5.41, 5.74) is 3.18. The molecule has 0 radical (unpaired) electrons. The zero-order chi connectivity index (χ0) is 24.9. The number of nitrogens with one attached hydrogen (secondary N) is 2. The lowest BCUT2D eigenvalue weighted by atomic mass is 10.0. The zero-order valence-corrected chi connectivity index (χ0v) is 20.0. The molecule has 0 bridgehead atoms. The monoisotopic (exact) mass is 469 g/mol. The summed E-state index contributed by atoms with van der Waals surface area (Å²) < 4.78 is 5.85. The molecule has 2 N–H and O–H groups in total. The van der Waals surface area contributed by atoms with Crippen molar-refractivity contribution in [2.45, 2.75) is 51.8 Å². The highest BCUT2D eigenvalue weighted by Gasteiger charge is 2.22. The van der Waals surface area contributed by atoms with Gasteiger partial charge in [-0.3, -0.25) is 9.59 Å². The number of carbonyl (C=O) groups excluding carboxylic acids is 2. The number of unbranched alkanes of at least 4 members (excludes halogenated alkanes) is 2. The highest BCUT2D eigenvalue weighted by Crippen LogP contribution is 2.20. The van der Waals surface area contributed by atoms with E-state index in [1.165, 1.54) is 0 Å². The van der Waals surface area contributed by atoms with Crippen molar-refractivity contribution in [3.05, 3.63) is 101 Å². The van der Waals surface area contributed by atoms with E-state index in [4.69, 9.17) is 10.00 Å². The van der Waals surface area contributed by atoms with Gasteiger partial charge in [0.05, 0.1) is 11.6 Å². The molecule has 0 fully saturated rings. The van der Waals surface area contributed by atoms with E-state index in [0.29, 0.717) is 36.4 Å². The molecule has 2 amide bonds. The number of nitrogens with zero attached hydrogens (tertiary/aromatic N) is 1. The number of rotatable bonds is 12. The minimum absolute atomic E-state index is 0.152. The number of amides is 2. The van der Waals surface area contributed by atoms with E-state index in [0.717, 1.165) is 30.4 Å². The molecule has 3 aromatic rings. The second kappa shape index (κ2) is 13.6. The van der Waals surface area contributed by atoms with E-state index in [9.17, 15) is 9.59 Å². The van der Waals surface area contributed by atoms with Crippen LogP contribution in [0.15, 0.2) is 78.9 Å². The normalized spacial score (nSPS) is 11.2. The van der Waals surface area contributed by atoms with Gasteiger partial charge < -0.3 is 15.4 Å². The first-order chi connectivity index (χ1) is 17.1. The third kappa shape index (κ3) is 8.31. The van der Waals surface area contributed by atoms with Crippen molar-refractivity contribution in [2.75, 3.05) is 0 Å². The van der Waals surface area contributed by atoms with Gasteiger partial charge in [-0.05, 0) is 47.4 Å². The molecule has 0 unspecified atom stereocenters. The molecular weight excluding hydrogens is 438 g/mol. The van der Waals surface area contributed by atoms with Crippen molar-refractivity contribution in [1.29, 1.82) is 5.26 Å². The maximum Gasteiger partial charge on any atom is 0.247 e. The molecule has 6 heteroatoms. The van der Waals surface area contributed by atoms with Crippen LogP contribution in [0.3, 0.4) is 0 Å². The highest BCUT2D eigenvalue weighted by molar-refractivity contribution is 5.88. The molecule has 0 saturated carbocycles. The summed E-state index contributed by atoms with van der Waals surface area (Å²) in [6, 6.07) is 25.4. The van der Waals surface area contributed by atoms with Gasteiger partial charge >= 0.3 is 0 Å². The fourth-order valence-electron chi connectivity index (χ4n) is 3.55. The number of benzene rings is 3. The lowest BCUT2D eigenvalue weighted by Gasteiger charge is -2.19. The lowest BCUT2D eigenvalue weighted by Crippen LogP contribution is -2.40. The molecule has 180 valence electrons. The quantitative estimate of drug-likeness (QED) is 0.357. The molecule has 6 nitrogen and oxygen atoms in total. The predicted octanol–water partition coefficient (Wildman–Crippen LogP) is 5.19. The number of carbonyl (C=O) groups is 2. The summed E-state index contributed by atoms with van der Waals surface area (Å²) in [6.07, 6.45) is 3.16. The number of ether oxygens (including phenoxy) is 1. The van der Waals surface area contributed by atoms with Gasteiger partial charge in [0, 0.05) is 13.0 Å². The van der Waals surface area contributed by atoms with E-state index in [-0.39, 0.29) is 11.8 Å². The summed E-state index contributed by atoms with van der Waals surface area (Å²) in [5.74, 6) is 0.237. The van der Waals surface area contributed by atoms with Gasteiger partial charge in [0.15, 0.2) is 0 Å². The average molecular weight is 470 g/mol. The third-order valence-corrected chi connectivity index (χ3v) is 5.59. The molecule has 0 saturated heterocycles. The Morgan fingerprint density at radius 1 is 0.914 bits per heavy atom. The minimum Gasteiger partial charge on any atom is -0.489 e. The topological polar surface area (TPSA) is 91.2 Å². The van der Waals surface area contributed by atoms with E-state index in [2.05, 4.69) is 23.6 Å².